The van der Waals surface area contributed by atoms with Crippen molar-refractivity contribution in [3.8, 4) is 0 Å². The van der Waals surface area contributed by atoms with E-state index in [1.165, 1.54) is 67.4 Å². The molecule has 1 atom stereocenters. The third-order valence-corrected chi connectivity index (χ3v) is 7.56. The summed E-state index contributed by atoms with van der Waals surface area (Å²) in [5.74, 6) is -0.0473. The average molecular weight is 416 g/mol. The number of amides is 1. The largest absolute Gasteiger partial charge is 0.391 e. The van der Waals surface area contributed by atoms with Gasteiger partial charge in [0.05, 0.1) is 11.1 Å². The zero-order chi connectivity index (χ0) is 21.4. The highest BCUT2D eigenvalue weighted by molar-refractivity contribution is 5.99. The SMILES string of the molecule is CNC(CC(C)NC(=O)c1cnc2c(C3=CCC4(CC3)CC4)cccc2c1)=C1CCC1. The fourth-order valence-corrected chi connectivity index (χ4v) is 5.11. The lowest BCUT2D eigenvalue weighted by Crippen LogP contribution is -2.34. The summed E-state index contributed by atoms with van der Waals surface area (Å²) < 4.78 is 0. The number of nitrogens with one attached hydrogen (secondary N) is 2. The van der Waals surface area contributed by atoms with Crippen LogP contribution in [0.5, 0.6) is 0 Å². The van der Waals surface area contributed by atoms with E-state index in [0.29, 0.717) is 11.0 Å². The van der Waals surface area contributed by atoms with Crippen molar-refractivity contribution in [2.45, 2.75) is 70.8 Å². The summed E-state index contributed by atoms with van der Waals surface area (Å²) >= 11 is 0. The molecule has 0 aliphatic heterocycles. The van der Waals surface area contributed by atoms with E-state index in [1.807, 2.05) is 13.1 Å². The first-order chi connectivity index (χ1) is 15.1. The Morgan fingerprint density at radius 3 is 2.68 bits per heavy atom. The van der Waals surface area contributed by atoms with Gasteiger partial charge in [0.2, 0.25) is 0 Å². The van der Waals surface area contributed by atoms with Crippen LogP contribution in [0.4, 0.5) is 0 Å². The lowest BCUT2D eigenvalue weighted by Gasteiger charge is -2.24. The molecule has 1 heterocycles. The maximum Gasteiger partial charge on any atom is 0.253 e. The molecule has 3 aliphatic rings. The molecule has 2 aromatic rings. The molecular weight excluding hydrogens is 382 g/mol. The molecule has 1 aromatic heterocycles. The molecule has 2 saturated carbocycles. The van der Waals surface area contributed by atoms with Crippen LogP contribution in [0.2, 0.25) is 0 Å². The lowest BCUT2D eigenvalue weighted by atomic mass is 9.84. The molecule has 31 heavy (non-hydrogen) atoms. The predicted molar refractivity (Wildman–Crippen MR) is 127 cm³/mol. The van der Waals surface area contributed by atoms with E-state index in [4.69, 9.17) is 4.98 Å². The number of hydrogen-bond donors (Lipinski definition) is 2. The maximum atomic E-state index is 12.9. The number of fused-ring (bicyclic) bond motifs is 1. The summed E-state index contributed by atoms with van der Waals surface area (Å²) in [6.07, 6.45) is 15.1. The predicted octanol–water partition coefficient (Wildman–Crippen LogP) is 5.75. The molecule has 5 rings (SSSR count). The molecular formula is C27H33N3O. The first kappa shape index (κ1) is 20.3. The van der Waals surface area contributed by atoms with Crippen LogP contribution in [-0.4, -0.2) is 24.0 Å². The first-order valence-electron chi connectivity index (χ1n) is 11.8. The number of para-hydroxylation sites is 1. The van der Waals surface area contributed by atoms with Crippen LogP contribution in [0.3, 0.4) is 0 Å². The van der Waals surface area contributed by atoms with Gasteiger partial charge in [-0.05, 0) is 75.3 Å². The van der Waals surface area contributed by atoms with E-state index in [9.17, 15) is 4.79 Å². The summed E-state index contributed by atoms with van der Waals surface area (Å²) in [5.41, 5.74) is 7.72. The van der Waals surface area contributed by atoms with Crippen LogP contribution in [0.1, 0.15) is 80.6 Å². The van der Waals surface area contributed by atoms with Gasteiger partial charge in [-0.1, -0.05) is 29.8 Å². The maximum absolute atomic E-state index is 12.9. The van der Waals surface area contributed by atoms with Crippen molar-refractivity contribution < 1.29 is 4.79 Å². The highest BCUT2D eigenvalue weighted by Gasteiger charge is 2.42. The van der Waals surface area contributed by atoms with Crippen molar-refractivity contribution in [3.63, 3.8) is 0 Å². The van der Waals surface area contributed by atoms with Gasteiger partial charge in [0, 0.05) is 42.4 Å². The Bertz CT molecular complexity index is 1070. The Kier molecular flexibility index (Phi) is 5.33. The van der Waals surface area contributed by atoms with Crippen LogP contribution in [0.25, 0.3) is 16.5 Å². The summed E-state index contributed by atoms with van der Waals surface area (Å²) in [7, 11) is 1.98. The molecule has 1 spiro atoms. The summed E-state index contributed by atoms with van der Waals surface area (Å²) in [6.45, 7) is 2.07. The Morgan fingerprint density at radius 1 is 1.19 bits per heavy atom. The highest BCUT2D eigenvalue weighted by Crippen LogP contribution is 2.56. The second-order valence-corrected chi connectivity index (χ2v) is 9.80. The zero-order valence-electron chi connectivity index (χ0n) is 18.8. The van der Waals surface area contributed by atoms with Gasteiger partial charge in [-0.3, -0.25) is 9.78 Å². The molecule has 2 fully saturated rings. The second-order valence-electron chi connectivity index (χ2n) is 9.80. The minimum Gasteiger partial charge on any atom is -0.391 e. The number of nitrogens with zero attached hydrogens (tertiary/aromatic N) is 1. The third kappa shape index (κ3) is 4.13. The molecule has 4 heteroatoms. The molecule has 1 aromatic carbocycles. The summed E-state index contributed by atoms with van der Waals surface area (Å²) in [6, 6.07) is 8.41. The minimum absolute atomic E-state index is 0.0473. The first-order valence-corrected chi connectivity index (χ1v) is 11.8. The van der Waals surface area contributed by atoms with Gasteiger partial charge < -0.3 is 10.6 Å². The minimum atomic E-state index is -0.0473. The van der Waals surface area contributed by atoms with Crippen molar-refractivity contribution in [2.24, 2.45) is 5.41 Å². The van der Waals surface area contributed by atoms with Gasteiger partial charge in [0.25, 0.3) is 5.91 Å². The van der Waals surface area contributed by atoms with Gasteiger partial charge in [-0.2, -0.15) is 0 Å². The van der Waals surface area contributed by atoms with Crippen LogP contribution >= 0.6 is 0 Å². The molecule has 4 nitrogen and oxygen atoms in total. The van der Waals surface area contributed by atoms with Gasteiger partial charge in [0.1, 0.15) is 0 Å². The molecule has 0 bridgehead atoms. The standard InChI is InChI=1S/C27H33N3O/c1-18(15-24(28-2)20-5-3-6-20)30-26(31)22-16-21-7-4-8-23(25(21)29-17-22)19-9-11-27(12-10-19)13-14-27/h4,7-9,16-18,28H,3,5-6,10-15H2,1-2H3,(H,30,31). The third-order valence-electron chi connectivity index (χ3n) is 7.56. The van der Waals surface area contributed by atoms with Crippen molar-refractivity contribution in [2.75, 3.05) is 7.05 Å². The number of carbonyl (C=O) groups excluding carboxylic acids is 1. The molecule has 1 amide bonds. The van der Waals surface area contributed by atoms with Gasteiger partial charge in [-0.25, -0.2) is 0 Å². The molecule has 162 valence electrons. The average Bonchev–Trinajstić information content (AvgIpc) is 3.50. The fraction of sp³-hybridized carbons (Fsp3) is 0.481. The number of aromatic nitrogens is 1. The van der Waals surface area contributed by atoms with E-state index in [-0.39, 0.29) is 11.9 Å². The van der Waals surface area contributed by atoms with E-state index >= 15 is 0 Å². The smallest absolute Gasteiger partial charge is 0.253 e. The van der Waals surface area contributed by atoms with Gasteiger partial charge in [0.15, 0.2) is 0 Å². The van der Waals surface area contributed by atoms with E-state index in [1.54, 1.807) is 6.20 Å². The number of carbonyl (C=O) groups is 1. The van der Waals surface area contributed by atoms with E-state index in [0.717, 1.165) is 23.7 Å². The Labute approximate surface area is 185 Å². The van der Waals surface area contributed by atoms with Crippen LogP contribution in [-0.2, 0) is 0 Å². The molecule has 0 saturated heterocycles. The summed E-state index contributed by atoms with van der Waals surface area (Å²) in [4.78, 5) is 17.6. The van der Waals surface area contributed by atoms with Crippen LogP contribution in [0, 0.1) is 5.41 Å². The molecule has 1 unspecified atom stereocenters. The van der Waals surface area contributed by atoms with Crippen molar-refractivity contribution >= 4 is 22.4 Å². The topological polar surface area (TPSA) is 54.0 Å². The Hall–Kier alpha value is -2.62. The molecule has 0 radical (unpaired) electrons. The number of pyridine rings is 1. The van der Waals surface area contributed by atoms with Gasteiger partial charge >= 0.3 is 0 Å². The van der Waals surface area contributed by atoms with E-state index < -0.39 is 0 Å². The highest BCUT2D eigenvalue weighted by atomic mass is 16.1. The number of allylic oxidation sites excluding steroid dienone is 3. The van der Waals surface area contributed by atoms with Crippen molar-refractivity contribution in [3.05, 3.63) is 58.9 Å². The number of benzene rings is 1. The van der Waals surface area contributed by atoms with E-state index in [2.05, 4.69) is 41.8 Å². The van der Waals surface area contributed by atoms with Crippen LogP contribution < -0.4 is 10.6 Å². The van der Waals surface area contributed by atoms with Crippen LogP contribution in [0.15, 0.2) is 47.8 Å². The molecule has 3 aliphatic carbocycles. The number of hydrogen-bond acceptors (Lipinski definition) is 3. The zero-order valence-corrected chi connectivity index (χ0v) is 18.8. The quantitative estimate of drug-likeness (QED) is 0.632. The number of rotatable bonds is 6. The Balaban J connectivity index is 1.31. The van der Waals surface area contributed by atoms with Crippen molar-refractivity contribution in [1.29, 1.82) is 0 Å². The second kappa shape index (κ2) is 8.14. The normalized spacial score (nSPS) is 20.1. The summed E-state index contributed by atoms with van der Waals surface area (Å²) in [5, 5.41) is 7.53. The monoisotopic (exact) mass is 415 g/mol. The molecule has 2 N–H and O–H groups in total. The Morgan fingerprint density at radius 2 is 2.03 bits per heavy atom. The lowest BCUT2D eigenvalue weighted by molar-refractivity contribution is 0.0939. The fourth-order valence-electron chi connectivity index (χ4n) is 5.11. The van der Waals surface area contributed by atoms with Crippen molar-refractivity contribution in [1.82, 2.24) is 15.6 Å². The van der Waals surface area contributed by atoms with Gasteiger partial charge in [-0.15, -0.1) is 0 Å².